The summed E-state index contributed by atoms with van der Waals surface area (Å²) in [6, 6.07) is 5.93. The van der Waals surface area contributed by atoms with Gasteiger partial charge < -0.3 is 10.5 Å². The van der Waals surface area contributed by atoms with E-state index in [9.17, 15) is 0 Å². The molecule has 1 unspecified atom stereocenters. The summed E-state index contributed by atoms with van der Waals surface area (Å²) < 4.78 is 6.90. The molecule has 1 aromatic carbocycles. The average Bonchev–Trinajstić information content (AvgIpc) is 2.80. The molecule has 4 nitrogen and oxygen atoms in total. The fourth-order valence-corrected chi connectivity index (χ4v) is 2.41. The van der Waals surface area contributed by atoms with Gasteiger partial charge in [-0.05, 0) is 30.5 Å². The first kappa shape index (κ1) is 15.0. The zero-order valence-corrected chi connectivity index (χ0v) is 12.8. The Morgan fingerprint density at radius 1 is 1.35 bits per heavy atom. The van der Waals surface area contributed by atoms with E-state index in [4.69, 9.17) is 22.1 Å². The number of aryl methyl sites for hydroxylation is 2. The summed E-state index contributed by atoms with van der Waals surface area (Å²) in [5.74, 6) is 0. The van der Waals surface area contributed by atoms with Crippen LogP contribution in [0.25, 0.3) is 0 Å². The van der Waals surface area contributed by atoms with Crippen molar-refractivity contribution in [2.24, 2.45) is 5.73 Å². The van der Waals surface area contributed by atoms with Crippen molar-refractivity contribution >= 4 is 11.6 Å². The van der Waals surface area contributed by atoms with Crippen molar-refractivity contribution < 1.29 is 4.74 Å². The second-order valence-electron chi connectivity index (χ2n) is 4.92. The van der Waals surface area contributed by atoms with E-state index >= 15 is 0 Å². The van der Waals surface area contributed by atoms with Crippen LogP contribution >= 0.6 is 11.6 Å². The van der Waals surface area contributed by atoms with Crippen molar-refractivity contribution in [1.29, 1.82) is 0 Å². The Hall–Kier alpha value is -1.36. The highest BCUT2D eigenvalue weighted by Crippen LogP contribution is 2.27. The summed E-state index contributed by atoms with van der Waals surface area (Å²) in [6.07, 6.45) is 1.63. The molecule has 2 aromatic rings. The van der Waals surface area contributed by atoms with Crippen molar-refractivity contribution in [3.8, 4) is 0 Å². The summed E-state index contributed by atoms with van der Waals surface area (Å²) in [5.41, 5.74) is 10.7. The second kappa shape index (κ2) is 6.39. The van der Waals surface area contributed by atoms with Crippen LogP contribution < -0.4 is 5.73 Å². The van der Waals surface area contributed by atoms with Crippen LogP contribution in [0.15, 0.2) is 24.4 Å². The zero-order valence-electron chi connectivity index (χ0n) is 12.1. The molecular formula is C15H20ClN3O. The highest BCUT2D eigenvalue weighted by atomic mass is 35.5. The average molecular weight is 294 g/mol. The van der Waals surface area contributed by atoms with Gasteiger partial charge in [-0.1, -0.05) is 29.8 Å². The molecule has 0 aliphatic rings. The minimum absolute atomic E-state index is 0.291. The standard InChI is InChI=1S/C15H20ClN3O/c1-10-4-5-12(8-11(10)2)14(17)15-13(16)9-18-19(15)6-7-20-3/h4-5,8-9,14H,6-7,17H2,1-3H3. The molecule has 0 saturated carbocycles. The normalized spacial score (nSPS) is 12.7. The smallest absolute Gasteiger partial charge is 0.0837 e. The third-order valence-corrected chi connectivity index (χ3v) is 3.82. The van der Waals surface area contributed by atoms with E-state index in [-0.39, 0.29) is 6.04 Å². The van der Waals surface area contributed by atoms with Crippen molar-refractivity contribution in [2.45, 2.75) is 26.4 Å². The number of hydrogen-bond donors (Lipinski definition) is 1. The van der Waals surface area contributed by atoms with Crippen LogP contribution in [0.3, 0.4) is 0 Å². The fourth-order valence-electron chi connectivity index (χ4n) is 2.15. The number of nitrogens with two attached hydrogens (primary N) is 1. The summed E-state index contributed by atoms with van der Waals surface area (Å²) >= 11 is 6.24. The van der Waals surface area contributed by atoms with Gasteiger partial charge in [0.25, 0.3) is 0 Å². The molecule has 1 heterocycles. The Kier molecular flexibility index (Phi) is 4.81. The van der Waals surface area contributed by atoms with Crippen LogP contribution in [0, 0.1) is 13.8 Å². The van der Waals surface area contributed by atoms with Gasteiger partial charge in [-0.2, -0.15) is 5.10 Å². The molecule has 0 amide bonds. The number of ether oxygens (including phenoxy) is 1. The first-order valence-electron chi connectivity index (χ1n) is 6.57. The molecule has 0 fully saturated rings. The van der Waals surface area contributed by atoms with Gasteiger partial charge in [0.2, 0.25) is 0 Å². The number of methoxy groups -OCH3 is 1. The van der Waals surface area contributed by atoms with Crippen LogP contribution in [0.4, 0.5) is 0 Å². The quantitative estimate of drug-likeness (QED) is 0.922. The van der Waals surface area contributed by atoms with Gasteiger partial charge in [-0.15, -0.1) is 0 Å². The van der Waals surface area contributed by atoms with E-state index in [0.29, 0.717) is 18.2 Å². The van der Waals surface area contributed by atoms with E-state index < -0.39 is 0 Å². The summed E-state index contributed by atoms with van der Waals surface area (Å²) in [5, 5.41) is 4.85. The Balaban J connectivity index is 2.34. The van der Waals surface area contributed by atoms with Gasteiger partial charge in [0.1, 0.15) is 0 Å². The maximum Gasteiger partial charge on any atom is 0.0837 e. The van der Waals surface area contributed by atoms with Gasteiger partial charge >= 0.3 is 0 Å². The van der Waals surface area contributed by atoms with Crippen molar-refractivity contribution in [2.75, 3.05) is 13.7 Å². The molecular weight excluding hydrogens is 274 g/mol. The molecule has 2 rings (SSSR count). The number of aromatic nitrogens is 2. The minimum Gasteiger partial charge on any atom is -0.383 e. The van der Waals surface area contributed by atoms with Crippen LogP contribution in [0.1, 0.15) is 28.4 Å². The highest BCUT2D eigenvalue weighted by molar-refractivity contribution is 6.31. The van der Waals surface area contributed by atoms with Crippen LogP contribution in [-0.2, 0) is 11.3 Å². The Morgan fingerprint density at radius 2 is 2.10 bits per heavy atom. The first-order valence-corrected chi connectivity index (χ1v) is 6.95. The summed E-state index contributed by atoms with van der Waals surface area (Å²) in [6.45, 7) is 5.37. The molecule has 2 N–H and O–H groups in total. The summed E-state index contributed by atoms with van der Waals surface area (Å²) in [7, 11) is 1.66. The number of benzene rings is 1. The Labute approximate surface area is 124 Å². The molecule has 20 heavy (non-hydrogen) atoms. The summed E-state index contributed by atoms with van der Waals surface area (Å²) in [4.78, 5) is 0. The van der Waals surface area contributed by atoms with Crippen LogP contribution in [0.2, 0.25) is 5.02 Å². The minimum atomic E-state index is -0.291. The number of nitrogens with zero attached hydrogens (tertiary/aromatic N) is 2. The Bertz CT molecular complexity index is 595. The molecule has 108 valence electrons. The number of halogens is 1. The van der Waals surface area contributed by atoms with Gasteiger partial charge in [0, 0.05) is 7.11 Å². The van der Waals surface area contributed by atoms with E-state index in [2.05, 4.69) is 31.1 Å². The van der Waals surface area contributed by atoms with Crippen molar-refractivity contribution in [1.82, 2.24) is 9.78 Å². The largest absolute Gasteiger partial charge is 0.383 e. The molecule has 0 bridgehead atoms. The van der Waals surface area contributed by atoms with E-state index in [1.807, 2.05) is 10.7 Å². The van der Waals surface area contributed by atoms with Crippen molar-refractivity contribution in [3.05, 3.63) is 51.8 Å². The highest BCUT2D eigenvalue weighted by Gasteiger charge is 2.18. The molecule has 0 saturated heterocycles. The predicted octanol–water partition coefficient (Wildman–Crippen LogP) is 2.85. The van der Waals surface area contributed by atoms with Gasteiger partial charge in [0.15, 0.2) is 0 Å². The lowest BCUT2D eigenvalue weighted by molar-refractivity contribution is 0.182. The maximum absolute atomic E-state index is 6.37. The van der Waals surface area contributed by atoms with E-state index in [0.717, 1.165) is 11.3 Å². The molecule has 5 heteroatoms. The molecule has 1 aromatic heterocycles. The molecule has 0 spiro atoms. The Morgan fingerprint density at radius 3 is 2.75 bits per heavy atom. The first-order chi connectivity index (χ1) is 9.54. The van der Waals surface area contributed by atoms with Gasteiger partial charge in [-0.25, -0.2) is 0 Å². The topological polar surface area (TPSA) is 53.1 Å². The fraction of sp³-hybridized carbons (Fsp3) is 0.400. The van der Waals surface area contributed by atoms with Gasteiger partial charge in [-0.3, -0.25) is 4.68 Å². The molecule has 0 radical (unpaired) electrons. The van der Waals surface area contributed by atoms with E-state index in [1.54, 1.807) is 13.3 Å². The molecule has 1 atom stereocenters. The van der Waals surface area contributed by atoms with Crippen molar-refractivity contribution in [3.63, 3.8) is 0 Å². The lowest BCUT2D eigenvalue weighted by Crippen LogP contribution is -2.19. The lowest BCUT2D eigenvalue weighted by Gasteiger charge is -2.16. The number of rotatable bonds is 5. The molecule has 0 aliphatic carbocycles. The van der Waals surface area contributed by atoms with Crippen LogP contribution in [0.5, 0.6) is 0 Å². The second-order valence-corrected chi connectivity index (χ2v) is 5.32. The zero-order chi connectivity index (χ0) is 14.7. The number of hydrogen-bond acceptors (Lipinski definition) is 3. The van der Waals surface area contributed by atoms with Crippen LogP contribution in [-0.4, -0.2) is 23.5 Å². The van der Waals surface area contributed by atoms with Gasteiger partial charge in [0.05, 0.1) is 36.1 Å². The third kappa shape index (κ3) is 3.03. The lowest BCUT2D eigenvalue weighted by atomic mass is 9.99. The SMILES string of the molecule is COCCn1ncc(Cl)c1C(N)c1ccc(C)c(C)c1. The predicted molar refractivity (Wildman–Crippen MR) is 81.1 cm³/mol. The molecule has 0 aliphatic heterocycles. The monoisotopic (exact) mass is 293 g/mol. The van der Waals surface area contributed by atoms with E-state index in [1.165, 1.54) is 11.1 Å². The maximum atomic E-state index is 6.37. The third-order valence-electron chi connectivity index (χ3n) is 3.53.